The summed E-state index contributed by atoms with van der Waals surface area (Å²) in [5.74, 6) is 0. The summed E-state index contributed by atoms with van der Waals surface area (Å²) >= 11 is 0. The van der Waals surface area contributed by atoms with Crippen molar-refractivity contribution in [1.29, 1.82) is 0 Å². The lowest BCUT2D eigenvalue weighted by molar-refractivity contribution is 0.155. The van der Waals surface area contributed by atoms with Gasteiger partial charge in [-0.1, -0.05) is 60.7 Å². The maximum atomic E-state index is 13.4. The van der Waals surface area contributed by atoms with Crippen molar-refractivity contribution < 1.29 is 8.78 Å². The Labute approximate surface area is 118 Å². The van der Waals surface area contributed by atoms with Crippen molar-refractivity contribution >= 4 is 0 Å². The summed E-state index contributed by atoms with van der Waals surface area (Å²) in [5.41, 5.74) is 2.21. The number of hydrogen-bond donors (Lipinski definition) is 0. The van der Waals surface area contributed by atoms with Gasteiger partial charge in [0, 0.05) is 19.6 Å². The first-order valence-corrected chi connectivity index (χ1v) is 6.78. The van der Waals surface area contributed by atoms with Crippen LogP contribution >= 0.6 is 0 Å². The van der Waals surface area contributed by atoms with Crippen molar-refractivity contribution in [3.8, 4) is 0 Å². The van der Waals surface area contributed by atoms with Crippen LogP contribution in [0.3, 0.4) is 0 Å². The molecule has 1 atom stereocenters. The Balaban J connectivity index is 2.04. The van der Waals surface area contributed by atoms with E-state index in [1.807, 2.05) is 65.6 Å². The molecule has 0 saturated carbocycles. The first kappa shape index (κ1) is 14.7. The lowest BCUT2D eigenvalue weighted by atomic mass is 10.1. The Hall–Kier alpha value is -1.74. The van der Waals surface area contributed by atoms with Crippen molar-refractivity contribution in [1.82, 2.24) is 4.90 Å². The minimum atomic E-state index is -1.43. The molecule has 0 spiro atoms. The molecule has 0 aliphatic heterocycles. The van der Waals surface area contributed by atoms with E-state index in [1.165, 1.54) is 0 Å². The molecule has 0 heterocycles. The second kappa shape index (κ2) is 7.75. The molecule has 0 radical (unpaired) electrons. The van der Waals surface area contributed by atoms with Crippen molar-refractivity contribution in [3.63, 3.8) is 0 Å². The van der Waals surface area contributed by atoms with Crippen LogP contribution in [0.1, 0.15) is 11.1 Å². The van der Waals surface area contributed by atoms with Gasteiger partial charge < -0.3 is 0 Å². The van der Waals surface area contributed by atoms with Gasteiger partial charge >= 0.3 is 0 Å². The molecule has 0 aliphatic carbocycles. The van der Waals surface area contributed by atoms with E-state index < -0.39 is 12.8 Å². The van der Waals surface area contributed by atoms with Gasteiger partial charge in [0.05, 0.1) is 0 Å². The maximum Gasteiger partial charge on any atom is 0.141 e. The van der Waals surface area contributed by atoms with Gasteiger partial charge in [-0.3, -0.25) is 4.90 Å². The Morgan fingerprint density at radius 2 is 1.25 bits per heavy atom. The van der Waals surface area contributed by atoms with E-state index >= 15 is 0 Å². The Bertz CT molecular complexity index is 445. The average molecular weight is 275 g/mol. The highest BCUT2D eigenvalue weighted by atomic mass is 19.2. The number of hydrogen-bond acceptors (Lipinski definition) is 1. The largest absolute Gasteiger partial charge is 0.292 e. The Morgan fingerprint density at radius 1 is 0.800 bits per heavy atom. The molecule has 0 N–H and O–H groups in total. The van der Waals surface area contributed by atoms with Gasteiger partial charge in [0.1, 0.15) is 12.8 Å². The molecule has 2 aromatic carbocycles. The third kappa shape index (κ3) is 4.74. The highest BCUT2D eigenvalue weighted by molar-refractivity contribution is 5.17. The fourth-order valence-corrected chi connectivity index (χ4v) is 2.20. The molecular weight excluding hydrogens is 256 g/mol. The smallest absolute Gasteiger partial charge is 0.141 e. The number of alkyl halides is 2. The molecule has 0 unspecified atom stereocenters. The Kier molecular flexibility index (Phi) is 5.69. The fraction of sp³-hybridized carbons (Fsp3) is 0.294. The molecule has 0 aliphatic rings. The predicted octanol–water partition coefficient (Wildman–Crippen LogP) is 4.00. The zero-order valence-electron chi connectivity index (χ0n) is 11.4. The lowest BCUT2D eigenvalue weighted by Crippen LogP contribution is -2.30. The molecular formula is C17H19F2N. The summed E-state index contributed by atoms with van der Waals surface area (Å²) < 4.78 is 25.8. The van der Waals surface area contributed by atoms with Crippen LogP contribution in [0.25, 0.3) is 0 Å². The van der Waals surface area contributed by atoms with Crippen LogP contribution in [-0.2, 0) is 13.1 Å². The van der Waals surface area contributed by atoms with Crippen molar-refractivity contribution in [2.24, 2.45) is 0 Å². The van der Waals surface area contributed by atoms with E-state index in [2.05, 4.69) is 0 Å². The minimum absolute atomic E-state index is 0.111. The molecule has 0 aromatic heterocycles. The van der Waals surface area contributed by atoms with E-state index in [1.54, 1.807) is 0 Å². The zero-order chi connectivity index (χ0) is 14.2. The fourth-order valence-electron chi connectivity index (χ4n) is 2.20. The van der Waals surface area contributed by atoms with Gasteiger partial charge in [-0.05, 0) is 11.1 Å². The van der Waals surface area contributed by atoms with E-state index in [4.69, 9.17) is 0 Å². The van der Waals surface area contributed by atoms with E-state index in [-0.39, 0.29) is 6.54 Å². The highest BCUT2D eigenvalue weighted by Gasteiger charge is 2.14. The monoisotopic (exact) mass is 275 g/mol. The molecule has 20 heavy (non-hydrogen) atoms. The Morgan fingerprint density at radius 3 is 1.65 bits per heavy atom. The topological polar surface area (TPSA) is 3.24 Å². The van der Waals surface area contributed by atoms with Crippen LogP contribution in [0.5, 0.6) is 0 Å². The van der Waals surface area contributed by atoms with Crippen LogP contribution in [0, 0.1) is 0 Å². The van der Waals surface area contributed by atoms with E-state index in [0.717, 1.165) is 11.1 Å². The number of benzene rings is 2. The van der Waals surface area contributed by atoms with Crippen LogP contribution in [0.2, 0.25) is 0 Å². The van der Waals surface area contributed by atoms with Gasteiger partial charge in [-0.25, -0.2) is 8.78 Å². The SMILES string of the molecule is FC[C@@H](F)CN(Cc1ccccc1)Cc1ccccc1. The summed E-state index contributed by atoms with van der Waals surface area (Å²) in [5, 5.41) is 0. The molecule has 2 rings (SSSR count). The normalized spacial score (nSPS) is 12.6. The maximum absolute atomic E-state index is 13.4. The van der Waals surface area contributed by atoms with Gasteiger partial charge in [0.2, 0.25) is 0 Å². The van der Waals surface area contributed by atoms with Crippen molar-refractivity contribution in [2.45, 2.75) is 19.3 Å². The first-order chi connectivity index (χ1) is 9.78. The summed E-state index contributed by atoms with van der Waals surface area (Å²) in [6, 6.07) is 19.7. The number of halogens is 2. The standard InChI is InChI=1S/C17H19F2N/c18-11-17(19)14-20(12-15-7-3-1-4-8-15)13-16-9-5-2-6-10-16/h1-10,17H,11-14H2/t17-/m1/s1. The molecule has 0 amide bonds. The lowest BCUT2D eigenvalue weighted by Gasteiger charge is -2.23. The number of nitrogens with zero attached hydrogens (tertiary/aromatic N) is 1. The molecule has 0 fully saturated rings. The summed E-state index contributed by atoms with van der Waals surface area (Å²) in [7, 11) is 0. The van der Waals surface area contributed by atoms with Crippen LogP contribution in [0.15, 0.2) is 60.7 Å². The van der Waals surface area contributed by atoms with Crippen molar-refractivity contribution in [3.05, 3.63) is 71.8 Å². The summed E-state index contributed by atoms with van der Waals surface area (Å²) in [6.45, 7) is 0.423. The van der Waals surface area contributed by atoms with Gasteiger partial charge in [-0.15, -0.1) is 0 Å². The highest BCUT2D eigenvalue weighted by Crippen LogP contribution is 2.11. The van der Waals surface area contributed by atoms with Crippen molar-refractivity contribution in [2.75, 3.05) is 13.2 Å². The molecule has 3 heteroatoms. The number of rotatable bonds is 7. The van der Waals surface area contributed by atoms with E-state index in [0.29, 0.717) is 13.1 Å². The minimum Gasteiger partial charge on any atom is -0.292 e. The second-order valence-corrected chi connectivity index (χ2v) is 4.89. The third-order valence-corrected chi connectivity index (χ3v) is 3.12. The molecule has 106 valence electrons. The summed E-state index contributed by atoms with van der Waals surface area (Å²) in [6.07, 6.45) is -1.43. The van der Waals surface area contributed by atoms with Crippen LogP contribution in [-0.4, -0.2) is 24.3 Å². The van der Waals surface area contributed by atoms with Gasteiger partial charge in [0.25, 0.3) is 0 Å². The average Bonchev–Trinajstić information content (AvgIpc) is 2.49. The quantitative estimate of drug-likeness (QED) is 0.738. The first-order valence-electron chi connectivity index (χ1n) is 6.78. The predicted molar refractivity (Wildman–Crippen MR) is 77.9 cm³/mol. The molecule has 0 saturated heterocycles. The molecule has 0 bridgehead atoms. The third-order valence-electron chi connectivity index (χ3n) is 3.12. The van der Waals surface area contributed by atoms with Crippen LogP contribution in [0.4, 0.5) is 8.78 Å². The second-order valence-electron chi connectivity index (χ2n) is 4.89. The summed E-state index contributed by atoms with van der Waals surface area (Å²) in [4.78, 5) is 1.94. The zero-order valence-corrected chi connectivity index (χ0v) is 11.4. The molecule has 2 aromatic rings. The van der Waals surface area contributed by atoms with Gasteiger partial charge in [-0.2, -0.15) is 0 Å². The van der Waals surface area contributed by atoms with Gasteiger partial charge in [0.15, 0.2) is 0 Å². The van der Waals surface area contributed by atoms with Crippen LogP contribution < -0.4 is 0 Å². The molecule has 1 nitrogen and oxygen atoms in total. The van der Waals surface area contributed by atoms with E-state index in [9.17, 15) is 8.78 Å².